The van der Waals surface area contributed by atoms with Gasteiger partial charge in [0.15, 0.2) is 0 Å². The van der Waals surface area contributed by atoms with Crippen LogP contribution in [-0.4, -0.2) is 46.9 Å². The van der Waals surface area contributed by atoms with E-state index in [1.165, 1.54) is 11.0 Å². The van der Waals surface area contributed by atoms with Gasteiger partial charge in [-0.15, -0.1) is 0 Å². The van der Waals surface area contributed by atoms with Gasteiger partial charge in [-0.1, -0.05) is 32.4 Å². The molecule has 2 atom stereocenters. The van der Waals surface area contributed by atoms with Crippen molar-refractivity contribution in [2.24, 2.45) is 5.41 Å². The maximum Gasteiger partial charge on any atom is 0.329 e. The number of anilines is 1. The highest BCUT2D eigenvalue weighted by atomic mass is 35.5. The van der Waals surface area contributed by atoms with Crippen LogP contribution in [0.3, 0.4) is 0 Å². The van der Waals surface area contributed by atoms with Crippen LogP contribution in [0.15, 0.2) is 18.2 Å². The maximum absolute atomic E-state index is 13.4. The molecule has 1 fully saturated rings. The van der Waals surface area contributed by atoms with Crippen LogP contribution >= 0.6 is 11.6 Å². The van der Waals surface area contributed by atoms with Crippen molar-refractivity contribution in [1.82, 2.24) is 10.2 Å². The number of amides is 2. The summed E-state index contributed by atoms with van der Waals surface area (Å²) in [7, 11) is 0. The van der Waals surface area contributed by atoms with Crippen molar-refractivity contribution in [1.29, 1.82) is 0 Å². The smallest absolute Gasteiger partial charge is 0.329 e. The number of esters is 1. The fraction of sp³-hybridized carbons (Fsp3) is 0.591. The van der Waals surface area contributed by atoms with Gasteiger partial charge in [0.05, 0.1) is 10.7 Å². The molecule has 0 spiro atoms. The largest absolute Gasteiger partial charge is 0.458 e. The van der Waals surface area contributed by atoms with E-state index in [9.17, 15) is 14.4 Å². The summed E-state index contributed by atoms with van der Waals surface area (Å²) < 4.78 is 5.50. The van der Waals surface area contributed by atoms with Crippen LogP contribution in [0.1, 0.15) is 64.7 Å². The Hall–Kier alpha value is -2.28. The van der Waals surface area contributed by atoms with Gasteiger partial charge in [0.1, 0.15) is 17.7 Å². The van der Waals surface area contributed by atoms with Crippen molar-refractivity contribution in [2.75, 3.05) is 12.3 Å². The molecule has 1 heterocycles. The first-order valence-electron chi connectivity index (χ1n) is 10.1. The third-order valence-corrected chi connectivity index (χ3v) is 5.19. The molecule has 1 aromatic carbocycles. The number of hydrogen-bond acceptors (Lipinski definition) is 5. The first-order chi connectivity index (χ1) is 13.7. The van der Waals surface area contributed by atoms with Crippen LogP contribution in [0.5, 0.6) is 0 Å². The molecule has 0 saturated carbocycles. The second kappa shape index (κ2) is 8.84. The van der Waals surface area contributed by atoms with Gasteiger partial charge in [-0.25, -0.2) is 4.79 Å². The molecular formula is C22H32ClN3O4. The third-order valence-electron chi connectivity index (χ3n) is 4.87. The van der Waals surface area contributed by atoms with Crippen molar-refractivity contribution >= 4 is 35.1 Å². The van der Waals surface area contributed by atoms with Crippen LogP contribution in [0.4, 0.5) is 5.69 Å². The molecule has 0 aliphatic carbocycles. The van der Waals surface area contributed by atoms with E-state index in [2.05, 4.69) is 5.32 Å². The molecule has 7 nitrogen and oxygen atoms in total. The predicted molar refractivity (Wildman–Crippen MR) is 117 cm³/mol. The summed E-state index contributed by atoms with van der Waals surface area (Å²) in [5, 5.41) is 3.09. The molecular weight excluding hydrogens is 406 g/mol. The minimum Gasteiger partial charge on any atom is -0.458 e. The van der Waals surface area contributed by atoms with Crippen molar-refractivity contribution in [3.05, 3.63) is 28.8 Å². The fourth-order valence-corrected chi connectivity index (χ4v) is 3.52. The van der Waals surface area contributed by atoms with Gasteiger partial charge in [-0.05, 0) is 57.2 Å². The van der Waals surface area contributed by atoms with Crippen LogP contribution in [0, 0.1) is 5.41 Å². The van der Waals surface area contributed by atoms with Crippen molar-refractivity contribution in [3.63, 3.8) is 0 Å². The van der Waals surface area contributed by atoms with Crippen molar-refractivity contribution in [2.45, 2.75) is 72.1 Å². The number of carbonyl (C=O) groups excluding carboxylic acids is 3. The Morgan fingerprint density at radius 1 is 1.20 bits per heavy atom. The average Bonchev–Trinajstić information content (AvgIpc) is 3.08. The number of carbonyl (C=O) groups is 3. The number of likely N-dealkylation sites (tertiary alicyclic amines) is 1. The molecule has 3 N–H and O–H groups in total. The lowest BCUT2D eigenvalue weighted by molar-refractivity contribution is -0.164. The zero-order valence-electron chi connectivity index (χ0n) is 18.5. The maximum atomic E-state index is 13.4. The quantitative estimate of drug-likeness (QED) is 0.555. The number of nitrogen functional groups attached to an aromatic ring is 1. The molecule has 1 saturated heterocycles. The van der Waals surface area contributed by atoms with E-state index < -0.39 is 35.0 Å². The zero-order valence-corrected chi connectivity index (χ0v) is 19.3. The molecule has 2 rings (SSSR count). The normalized spacial score (nSPS) is 18.1. The van der Waals surface area contributed by atoms with Gasteiger partial charge in [0.2, 0.25) is 5.91 Å². The van der Waals surface area contributed by atoms with Crippen LogP contribution < -0.4 is 11.1 Å². The molecule has 1 aliphatic heterocycles. The second-order valence-corrected chi connectivity index (χ2v) is 10.1. The van der Waals surface area contributed by atoms with E-state index in [0.717, 1.165) is 0 Å². The number of nitrogens with two attached hydrogens (primary N) is 1. The number of hydrogen-bond donors (Lipinski definition) is 2. The number of benzene rings is 1. The van der Waals surface area contributed by atoms with Gasteiger partial charge in [-0.3, -0.25) is 9.59 Å². The Balaban J connectivity index is 2.23. The molecule has 0 radical (unpaired) electrons. The lowest BCUT2D eigenvalue weighted by Gasteiger charge is -2.35. The summed E-state index contributed by atoms with van der Waals surface area (Å²) >= 11 is 6.03. The SMILES string of the molecule is CC(C)(C)OC(=O)[C@@H]1CCCN1C(=O)[C@@H](NC(=O)c1ccc(N)c(Cl)c1)C(C)(C)C. The van der Waals surface area contributed by atoms with Crippen LogP contribution in [0.2, 0.25) is 5.02 Å². The number of nitrogens with one attached hydrogen (secondary N) is 1. The monoisotopic (exact) mass is 437 g/mol. The van der Waals surface area contributed by atoms with Gasteiger partial charge in [-0.2, -0.15) is 0 Å². The van der Waals surface area contributed by atoms with Crippen molar-refractivity contribution < 1.29 is 19.1 Å². The molecule has 30 heavy (non-hydrogen) atoms. The van der Waals surface area contributed by atoms with Crippen LogP contribution in [0.25, 0.3) is 0 Å². The topological polar surface area (TPSA) is 102 Å². The minimum absolute atomic E-state index is 0.269. The van der Waals surface area contributed by atoms with E-state index in [1.54, 1.807) is 32.9 Å². The average molecular weight is 438 g/mol. The van der Waals surface area contributed by atoms with E-state index in [1.807, 2.05) is 20.8 Å². The number of nitrogens with zero attached hydrogens (tertiary/aromatic N) is 1. The van der Waals surface area contributed by atoms with Gasteiger partial charge in [0.25, 0.3) is 5.91 Å². The molecule has 0 bridgehead atoms. The molecule has 1 aliphatic rings. The summed E-state index contributed by atoms with van der Waals surface area (Å²) in [6.45, 7) is 11.4. The Morgan fingerprint density at radius 3 is 2.37 bits per heavy atom. The first kappa shape index (κ1) is 24.0. The Labute approximate surface area is 183 Å². The summed E-state index contributed by atoms with van der Waals surface area (Å²) in [6, 6.07) is 3.09. The second-order valence-electron chi connectivity index (χ2n) is 9.73. The zero-order chi connectivity index (χ0) is 22.9. The lowest BCUT2D eigenvalue weighted by atomic mass is 9.85. The fourth-order valence-electron chi connectivity index (χ4n) is 3.34. The highest BCUT2D eigenvalue weighted by Gasteiger charge is 2.43. The highest BCUT2D eigenvalue weighted by molar-refractivity contribution is 6.33. The number of halogens is 1. The Kier molecular flexibility index (Phi) is 7.07. The molecule has 0 aromatic heterocycles. The minimum atomic E-state index is -0.829. The predicted octanol–water partition coefficient (Wildman–Crippen LogP) is 3.40. The highest BCUT2D eigenvalue weighted by Crippen LogP contribution is 2.28. The van der Waals surface area contributed by atoms with Gasteiger partial charge in [0, 0.05) is 12.1 Å². The van der Waals surface area contributed by atoms with E-state index in [-0.39, 0.29) is 10.9 Å². The Morgan fingerprint density at radius 2 is 1.83 bits per heavy atom. The Bertz CT molecular complexity index is 827. The molecule has 2 amide bonds. The summed E-state index contributed by atoms with van der Waals surface area (Å²) in [5.41, 5.74) is 5.17. The molecule has 166 valence electrons. The van der Waals surface area contributed by atoms with Gasteiger partial charge < -0.3 is 20.7 Å². The van der Waals surface area contributed by atoms with Crippen LogP contribution in [-0.2, 0) is 14.3 Å². The lowest BCUT2D eigenvalue weighted by Crippen LogP contribution is -2.57. The summed E-state index contributed by atoms with van der Waals surface area (Å²) in [5.74, 6) is -1.15. The standard InChI is InChI=1S/C22H32ClN3O4/c1-21(2,3)17(25-18(27)13-9-10-15(24)14(23)12-13)19(28)26-11-7-8-16(26)20(29)30-22(4,5)6/h9-10,12,16-17H,7-8,11,24H2,1-6H3,(H,25,27)/t16-,17+/m0/s1. The molecule has 1 aromatic rings. The number of ether oxygens (including phenoxy) is 1. The number of rotatable bonds is 4. The first-order valence-corrected chi connectivity index (χ1v) is 10.5. The third kappa shape index (κ3) is 5.88. The summed E-state index contributed by atoms with van der Waals surface area (Å²) in [6.07, 6.45) is 1.24. The van der Waals surface area contributed by atoms with E-state index in [0.29, 0.717) is 30.6 Å². The van der Waals surface area contributed by atoms with Gasteiger partial charge >= 0.3 is 5.97 Å². The molecule has 0 unspecified atom stereocenters. The van der Waals surface area contributed by atoms with Crippen molar-refractivity contribution in [3.8, 4) is 0 Å². The van der Waals surface area contributed by atoms with E-state index in [4.69, 9.17) is 22.1 Å². The molecule has 8 heteroatoms. The van der Waals surface area contributed by atoms with E-state index >= 15 is 0 Å². The summed E-state index contributed by atoms with van der Waals surface area (Å²) in [4.78, 5) is 40.4.